The molecule has 1 amide bonds. The van der Waals surface area contributed by atoms with Crippen molar-refractivity contribution < 1.29 is 14.3 Å². The molecule has 0 saturated heterocycles. The van der Waals surface area contributed by atoms with Gasteiger partial charge >= 0.3 is 5.97 Å². The highest BCUT2D eigenvalue weighted by Crippen LogP contribution is 2.30. The van der Waals surface area contributed by atoms with E-state index in [4.69, 9.17) is 39.5 Å². The molecule has 146 valence electrons. The Labute approximate surface area is 178 Å². The Morgan fingerprint density at radius 3 is 2.39 bits per heavy atom. The molecule has 1 N–H and O–H groups in total. The second kappa shape index (κ2) is 9.46. The number of fused-ring (bicyclic) bond motifs is 1. The molecule has 1 aliphatic carbocycles. The summed E-state index contributed by atoms with van der Waals surface area (Å²) in [6, 6.07) is 13.5. The summed E-state index contributed by atoms with van der Waals surface area (Å²) in [6.45, 7) is -0.222. The molecule has 7 heteroatoms. The van der Waals surface area contributed by atoms with E-state index in [0.717, 1.165) is 10.8 Å². The van der Waals surface area contributed by atoms with E-state index in [1.807, 2.05) is 54.6 Å². The van der Waals surface area contributed by atoms with Crippen molar-refractivity contribution in [2.24, 2.45) is 11.8 Å². The first-order chi connectivity index (χ1) is 13.5. The maximum atomic E-state index is 12.9. The Morgan fingerprint density at radius 2 is 1.64 bits per heavy atom. The molecular formula is C21H18Cl3NO3. The summed E-state index contributed by atoms with van der Waals surface area (Å²) in [6.07, 6.45) is 4.65. The molecule has 1 aliphatic rings. The molecule has 0 saturated carbocycles. The summed E-state index contributed by atoms with van der Waals surface area (Å²) in [4.78, 5) is 25.4. The molecule has 4 nitrogen and oxygen atoms in total. The van der Waals surface area contributed by atoms with Crippen molar-refractivity contribution in [2.75, 3.05) is 11.9 Å². The lowest BCUT2D eigenvalue weighted by molar-refractivity contribution is -0.151. The number of anilines is 1. The molecule has 3 rings (SSSR count). The van der Waals surface area contributed by atoms with Gasteiger partial charge in [-0.1, -0.05) is 83.4 Å². The standard InChI is InChI=1S/C21H18Cl3NO3/c22-17(19(23)24)12-28-21(27)16-10-4-3-9-15(16)20(26)25-18-11-5-7-13-6-1-2-8-14(13)18/h1-8,11,15-16H,9-10,12H2,(H,25,26)/t15-,16+/m0/s1. The maximum absolute atomic E-state index is 12.9. The monoisotopic (exact) mass is 437 g/mol. The average molecular weight is 439 g/mol. The van der Waals surface area contributed by atoms with Crippen LogP contribution in [0.25, 0.3) is 10.8 Å². The molecule has 0 heterocycles. The van der Waals surface area contributed by atoms with Crippen LogP contribution < -0.4 is 5.32 Å². The van der Waals surface area contributed by atoms with Crippen molar-refractivity contribution in [2.45, 2.75) is 12.8 Å². The number of rotatable bonds is 5. The van der Waals surface area contributed by atoms with E-state index in [0.29, 0.717) is 18.5 Å². The van der Waals surface area contributed by atoms with Crippen LogP contribution in [-0.2, 0) is 14.3 Å². The fourth-order valence-electron chi connectivity index (χ4n) is 3.22. The summed E-state index contributed by atoms with van der Waals surface area (Å²) in [5, 5.41) is 4.98. The van der Waals surface area contributed by atoms with Crippen molar-refractivity contribution >= 4 is 63.1 Å². The summed E-state index contributed by atoms with van der Waals surface area (Å²) >= 11 is 16.9. The number of carbonyl (C=O) groups excluding carboxylic acids is 2. The minimum atomic E-state index is -0.599. The van der Waals surface area contributed by atoms with Crippen LogP contribution in [0.15, 0.2) is 64.1 Å². The van der Waals surface area contributed by atoms with Gasteiger partial charge < -0.3 is 10.1 Å². The van der Waals surface area contributed by atoms with Crippen LogP contribution in [0, 0.1) is 11.8 Å². The molecule has 0 bridgehead atoms. The van der Waals surface area contributed by atoms with Crippen LogP contribution in [0.1, 0.15) is 12.8 Å². The molecule has 0 spiro atoms. The molecular weight excluding hydrogens is 421 g/mol. The highest BCUT2D eigenvalue weighted by Gasteiger charge is 2.35. The first-order valence-electron chi connectivity index (χ1n) is 8.77. The fourth-order valence-corrected chi connectivity index (χ4v) is 3.38. The van der Waals surface area contributed by atoms with Crippen molar-refractivity contribution in [1.29, 1.82) is 0 Å². The van der Waals surface area contributed by atoms with Gasteiger partial charge in [-0.15, -0.1) is 0 Å². The molecule has 2 atom stereocenters. The normalized spacial score (nSPS) is 18.5. The topological polar surface area (TPSA) is 55.4 Å². The van der Waals surface area contributed by atoms with Crippen molar-refractivity contribution in [3.8, 4) is 0 Å². The zero-order chi connectivity index (χ0) is 20.1. The van der Waals surface area contributed by atoms with Gasteiger partial charge in [0.15, 0.2) is 0 Å². The molecule has 2 aromatic carbocycles. The number of esters is 1. The number of amides is 1. The van der Waals surface area contributed by atoms with Gasteiger partial charge in [0, 0.05) is 11.1 Å². The number of nitrogens with one attached hydrogen (secondary N) is 1. The average Bonchev–Trinajstić information content (AvgIpc) is 2.71. The van der Waals surface area contributed by atoms with Gasteiger partial charge in [-0.2, -0.15) is 0 Å². The van der Waals surface area contributed by atoms with Gasteiger partial charge in [0.05, 0.1) is 16.9 Å². The fraction of sp³-hybridized carbons (Fsp3) is 0.238. The predicted octanol–water partition coefficient (Wildman–Crippen LogP) is 5.79. The SMILES string of the molecule is O=C(Nc1cccc2ccccc12)[C@H]1CC=CC[C@H]1C(=O)OCC(Cl)=C(Cl)Cl. The second-order valence-electron chi connectivity index (χ2n) is 6.44. The number of carbonyl (C=O) groups is 2. The lowest BCUT2D eigenvalue weighted by atomic mass is 9.82. The van der Waals surface area contributed by atoms with E-state index in [1.165, 1.54) is 0 Å². The zero-order valence-electron chi connectivity index (χ0n) is 14.8. The van der Waals surface area contributed by atoms with E-state index in [1.54, 1.807) is 0 Å². The minimum absolute atomic E-state index is 0.0415. The minimum Gasteiger partial charge on any atom is -0.460 e. The number of hydrogen-bond donors (Lipinski definition) is 1. The maximum Gasteiger partial charge on any atom is 0.310 e. The first-order valence-corrected chi connectivity index (χ1v) is 9.90. The van der Waals surface area contributed by atoms with E-state index in [-0.39, 0.29) is 22.0 Å². The molecule has 0 radical (unpaired) electrons. The summed E-state index contributed by atoms with van der Waals surface area (Å²) in [5.41, 5.74) is 0.713. The number of hydrogen-bond acceptors (Lipinski definition) is 3. The molecule has 0 aliphatic heterocycles. The summed E-state index contributed by atoms with van der Waals surface area (Å²) in [7, 11) is 0. The van der Waals surface area contributed by atoms with Crippen molar-refractivity contribution in [3.63, 3.8) is 0 Å². The predicted molar refractivity (Wildman–Crippen MR) is 113 cm³/mol. The Bertz CT molecular complexity index is 946. The van der Waals surface area contributed by atoms with Gasteiger partial charge in [-0.3, -0.25) is 9.59 Å². The highest BCUT2D eigenvalue weighted by atomic mass is 35.5. The largest absolute Gasteiger partial charge is 0.460 e. The molecule has 0 aromatic heterocycles. The Kier molecular flexibility index (Phi) is 7.00. The smallest absolute Gasteiger partial charge is 0.310 e. The van der Waals surface area contributed by atoms with Crippen LogP contribution in [0.4, 0.5) is 5.69 Å². The highest BCUT2D eigenvalue weighted by molar-refractivity contribution is 6.59. The number of allylic oxidation sites excluding steroid dienone is 2. The zero-order valence-corrected chi connectivity index (χ0v) is 17.1. The molecule has 0 unspecified atom stereocenters. The van der Waals surface area contributed by atoms with Gasteiger partial charge in [0.2, 0.25) is 5.91 Å². The first kappa shape index (κ1) is 20.7. The van der Waals surface area contributed by atoms with Crippen LogP contribution >= 0.6 is 34.8 Å². The van der Waals surface area contributed by atoms with Gasteiger partial charge in [0.25, 0.3) is 0 Å². The van der Waals surface area contributed by atoms with Gasteiger partial charge in [-0.05, 0) is 24.3 Å². The van der Waals surface area contributed by atoms with E-state index in [9.17, 15) is 9.59 Å². The lowest BCUT2D eigenvalue weighted by Crippen LogP contribution is -2.36. The van der Waals surface area contributed by atoms with Crippen molar-refractivity contribution in [3.05, 3.63) is 64.1 Å². The third-order valence-electron chi connectivity index (χ3n) is 4.67. The van der Waals surface area contributed by atoms with Crippen molar-refractivity contribution in [1.82, 2.24) is 0 Å². The van der Waals surface area contributed by atoms with Crippen LogP contribution in [0.3, 0.4) is 0 Å². The van der Waals surface area contributed by atoms with Crippen LogP contribution in [0.2, 0.25) is 0 Å². The van der Waals surface area contributed by atoms with E-state index >= 15 is 0 Å². The number of benzene rings is 2. The van der Waals surface area contributed by atoms with Gasteiger partial charge in [0.1, 0.15) is 11.1 Å². The summed E-state index contributed by atoms with van der Waals surface area (Å²) < 4.78 is 5.04. The molecule has 2 aromatic rings. The number of ether oxygens (including phenoxy) is 1. The number of halogens is 3. The van der Waals surface area contributed by atoms with Crippen LogP contribution in [-0.4, -0.2) is 18.5 Å². The lowest BCUT2D eigenvalue weighted by Gasteiger charge is -2.26. The second-order valence-corrected chi connectivity index (χ2v) is 7.85. The molecule has 0 fully saturated rings. The Hall–Kier alpha value is -2.01. The molecule has 28 heavy (non-hydrogen) atoms. The quantitative estimate of drug-likeness (QED) is 0.475. The van der Waals surface area contributed by atoms with E-state index in [2.05, 4.69) is 5.32 Å². The van der Waals surface area contributed by atoms with Crippen LogP contribution in [0.5, 0.6) is 0 Å². The summed E-state index contributed by atoms with van der Waals surface area (Å²) in [5.74, 6) is -1.86. The Balaban J connectivity index is 1.74. The Morgan fingerprint density at radius 1 is 0.964 bits per heavy atom. The third-order valence-corrected chi connectivity index (χ3v) is 5.61. The van der Waals surface area contributed by atoms with E-state index < -0.39 is 17.8 Å². The third kappa shape index (κ3) is 4.88. The van der Waals surface area contributed by atoms with Gasteiger partial charge in [-0.25, -0.2) is 0 Å².